The number of fused-ring (bicyclic) bond motifs is 1. The van der Waals surface area contributed by atoms with Crippen molar-refractivity contribution >= 4 is 0 Å². The normalized spacial score (nSPS) is 30.9. The van der Waals surface area contributed by atoms with E-state index in [1.807, 2.05) is 0 Å². The second-order valence-corrected chi connectivity index (χ2v) is 7.17. The number of nitrogens with one attached hydrogen (secondary N) is 1. The van der Waals surface area contributed by atoms with Crippen LogP contribution in [0.3, 0.4) is 0 Å². The van der Waals surface area contributed by atoms with E-state index in [0.29, 0.717) is 37.9 Å². The number of hydrogen-bond donors (Lipinski definition) is 1. The zero-order chi connectivity index (χ0) is 15.1. The highest BCUT2D eigenvalue weighted by molar-refractivity contribution is 5.04. The van der Waals surface area contributed by atoms with Crippen molar-refractivity contribution in [1.29, 1.82) is 0 Å². The van der Waals surface area contributed by atoms with Gasteiger partial charge in [0, 0.05) is 26.3 Å². The lowest BCUT2D eigenvalue weighted by Crippen LogP contribution is -2.37. The molecule has 1 N–H and O–H groups in total. The number of ether oxygens (including phenoxy) is 3. The van der Waals surface area contributed by atoms with E-state index in [9.17, 15) is 0 Å². The molecule has 4 nitrogen and oxygen atoms in total. The van der Waals surface area contributed by atoms with Crippen molar-refractivity contribution in [2.24, 2.45) is 17.3 Å². The predicted octanol–water partition coefficient (Wildman–Crippen LogP) is 2.47. The minimum Gasteiger partial charge on any atom is -0.382 e. The molecule has 0 aliphatic heterocycles. The Labute approximate surface area is 129 Å². The van der Waals surface area contributed by atoms with Crippen LogP contribution in [0.15, 0.2) is 0 Å². The fraction of sp³-hybridized carbons (Fsp3) is 1.00. The zero-order valence-corrected chi connectivity index (χ0v) is 14.0. The topological polar surface area (TPSA) is 39.7 Å². The molecule has 124 valence electrons. The summed E-state index contributed by atoms with van der Waals surface area (Å²) in [6, 6.07) is 0.578. The Morgan fingerprint density at radius 2 is 1.62 bits per heavy atom. The Balaban J connectivity index is 1.57. The van der Waals surface area contributed by atoms with E-state index in [2.05, 4.69) is 19.2 Å². The van der Waals surface area contributed by atoms with Gasteiger partial charge in [-0.15, -0.1) is 0 Å². The first kappa shape index (κ1) is 17.2. The molecule has 2 aliphatic rings. The van der Waals surface area contributed by atoms with Gasteiger partial charge in [0.05, 0.1) is 26.4 Å². The maximum absolute atomic E-state index is 5.76. The van der Waals surface area contributed by atoms with Gasteiger partial charge in [-0.2, -0.15) is 0 Å². The van der Waals surface area contributed by atoms with Crippen molar-refractivity contribution in [3.63, 3.8) is 0 Å². The smallest absolute Gasteiger partial charge is 0.0701 e. The van der Waals surface area contributed by atoms with E-state index in [-0.39, 0.29) is 0 Å². The van der Waals surface area contributed by atoms with Crippen LogP contribution >= 0.6 is 0 Å². The van der Waals surface area contributed by atoms with Crippen LogP contribution in [0.4, 0.5) is 0 Å². The number of methoxy groups -OCH3 is 1. The van der Waals surface area contributed by atoms with Gasteiger partial charge in [-0.05, 0) is 42.9 Å². The van der Waals surface area contributed by atoms with E-state index in [0.717, 1.165) is 25.0 Å². The molecule has 0 aromatic heterocycles. The second-order valence-electron chi connectivity index (χ2n) is 7.17. The molecule has 2 saturated carbocycles. The van der Waals surface area contributed by atoms with Crippen molar-refractivity contribution in [2.75, 3.05) is 46.7 Å². The van der Waals surface area contributed by atoms with Gasteiger partial charge in [-0.25, -0.2) is 0 Å². The fourth-order valence-corrected chi connectivity index (χ4v) is 3.62. The molecule has 0 amide bonds. The quantitative estimate of drug-likeness (QED) is 0.562. The van der Waals surface area contributed by atoms with Crippen molar-refractivity contribution in [3.05, 3.63) is 0 Å². The van der Waals surface area contributed by atoms with E-state index < -0.39 is 0 Å². The Hall–Kier alpha value is -0.160. The Bertz CT molecular complexity index is 286. The average Bonchev–Trinajstić information content (AvgIpc) is 3.08. The number of hydrogen-bond acceptors (Lipinski definition) is 4. The summed E-state index contributed by atoms with van der Waals surface area (Å²) in [5.74, 6) is 2.05. The predicted molar refractivity (Wildman–Crippen MR) is 84.5 cm³/mol. The van der Waals surface area contributed by atoms with E-state index in [1.165, 1.54) is 25.7 Å². The van der Waals surface area contributed by atoms with Crippen LogP contribution in [-0.4, -0.2) is 52.7 Å². The minimum atomic E-state index is 0.495. The minimum absolute atomic E-state index is 0.495. The van der Waals surface area contributed by atoms with E-state index in [1.54, 1.807) is 7.11 Å². The standard InChI is InChI=1S/C17H33NO3/c1-14(2)18-13-17(11-15-10-16(15)12-17)4-5-20-8-9-21-7-6-19-3/h14-16,18H,4-13H2,1-3H3. The lowest BCUT2D eigenvalue weighted by molar-refractivity contribution is 0.0156. The van der Waals surface area contributed by atoms with Gasteiger partial charge in [0.25, 0.3) is 0 Å². The van der Waals surface area contributed by atoms with Gasteiger partial charge in [-0.1, -0.05) is 13.8 Å². The highest BCUT2D eigenvalue weighted by Gasteiger charge is 2.53. The number of rotatable bonds is 12. The molecule has 0 aromatic rings. The average molecular weight is 299 g/mol. The van der Waals surface area contributed by atoms with Crippen LogP contribution in [0.5, 0.6) is 0 Å². The molecule has 2 rings (SSSR count). The lowest BCUT2D eigenvalue weighted by Gasteiger charge is -2.32. The van der Waals surface area contributed by atoms with Crippen molar-refractivity contribution in [3.8, 4) is 0 Å². The van der Waals surface area contributed by atoms with Crippen LogP contribution in [0.2, 0.25) is 0 Å². The molecular formula is C17H33NO3. The summed E-state index contributed by atoms with van der Waals surface area (Å²) < 4.78 is 16.1. The van der Waals surface area contributed by atoms with E-state index >= 15 is 0 Å². The lowest BCUT2D eigenvalue weighted by atomic mass is 9.79. The molecule has 2 unspecified atom stereocenters. The SMILES string of the molecule is COCCOCCOCCC1(CNC(C)C)CC2CC2C1. The second kappa shape index (κ2) is 8.47. The van der Waals surface area contributed by atoms with Crippen LogP contribution in [0.25, 0.3) is 0 Å². The first-order chi connectivity index (χ1) is 10.2. The van der Waals surface area contributed by atoms with E-state index in [4.69, 9.17) is 14.2 Å². The van der Waals surface area contributed by atoms with Gasteiger partial charge >= 0.3 is 0 Å². The Morgan fingerprint density at radius 3 is 2.24 bits per heavy atom. The van der Waals surface area contributed by atoms with Gasteiger partial charge in [0.2, 0.25) is 0 Å². The summed E-state index contributed by atoms with van der Waals surface area (Å²) in [5.41, 5.74) is 0.495. The summed E-state index contributed by atoms with van der Waals surface area (Å²) in [4.78, 5) is 0. The van der Waals surface area contributed by atoms with Crippen LogP contribution < -0.4 is 5.32 Å². The Kier molecular flexibility index (Phi) is 6.93. The third-order valence-electron chi connectivity index (χ3n) is 4.93. The first-order valence-electron chi connectivity index (χ1n) is 8.53. The first-order valence-corrected chi connectivity index (χ1v) is 8.53. The summed E-state index contributed by atoms with van der Waals surface area (Å²) in [5, 5.41) is 3.65. The van der Waals surface area contributed by atoms with Crippen molar-refractivity contribution in [1.82, 2.24) is 5.32 Å². The molecule has 4 heteroatoms. The largest absolute Gasteiger partial charge is 0.382 e. The molecule has 0 spiro atoms. The molecular weight excluding hydrogens is 266 g/mol. The summed E-state index contributed by atoms with van der Waals surface area (Å²) in [6.07, 6.45) is 5.49. The maximum atomic E-state index is 5.76. The van der Waals surface area contributed by atoms with Crippen LogP contribution in [-0.2, 0) is 14.2 Å². The van der Waals surface area contributed by atoms with Gasteiger partial charge in [0.15, 0.2) is 0 Å². The molecule has 2 aliphatic carbocycles. The summed E-state index contributed by atoms with van der Waals surface area (Å²) in [6.45, 7) is 9.18. The maximum Gasteiger partial charge on any atom is 0.0701 e. The van der Waals surface area contributed by atoms with Crippen LogP contribution in [0, 0.1) is 17.3 Å². The molecule has 21 heavy (non-hydrogen) atoms. The monoisotopic (exact) mass is 299 g/mol. The zero-order valence-electron chi connectivity index (χ0n) is 14.0. The Morgan fingerprint density at radius 1 is 1.00 bits per heavy atom. The van der Waals surface area contributed by atoms with Gasteiger partial charge < -0.3 is 19.5 Å². The molecule has 0 saturated heterocycles. The molecule has 2 fully saturated rings. The van der Waals surface area contributed by atoms with Crippen molar-refractivity contribution in [2.45, 2.75) is 45.6 Å². The molecule has 2 atom stereocenters. The van der Waals surface area contributed by atoms with Gasteiger partial charge in [0.1, 0.15) is 0 Å². The fourth-order valence-electron chi connectivity index (χ4n) is 3.62. The van der Waals surface area contributed by atoms with Crippen LogP contribution in [0.1, 0.15) is 39.5 Å². The molecule has 0 heterocycles. The highest BCUT2D eigenvalue weighted by Crippen LogP contribution is 2.60. The van der Waals surface area contributed by atoms with Crippen molar-refractivity contribution < 1.29 is 14.2 Å². The third-order valence-corrected chi connectivity index (χ3v) is 4.93. The highest BCUT2D eigenvalue weighted by atomic mass is 16.5. The summed E-state index contributed by atoms with van der Waals surface area (Å²) in [7, 11) is 1.69. The molecule has 0 radical (unpaired) electrons. The third kappa shape index (κ3) is 5.85. The molecule has 0 aromatic carbocycles. The van der Waals surface area contributed by atoms with Gasteiger partial charge in [-0.3, -0.25) is 0 Å². The summed E-state index contributed by atoms with van der Waals surface area (Å²) >= 11 is 0. The molecule has 0 bridgehead atoms.